The molecular formula is C19H27NO. The molecular weight excluding hydrogens is 258 g/mol. The van der Waals surface area contributed by atoms with Gasteiger partial charge in [0.05, 0.1) is 0 Å². The lowest BCUT2D eigenvalue weighted by atomic mass is 9.94. The normalized spacial score (nSPS) is 14.2. The van der Waals surface area contributed by atoms with Gasteiger partial charge in [-0.25, -0.2) is 0 Å². The van der Waals surface area contributed by atoms with Gasteiger partial charge < -0.3 is 9.73 Å². The number of furan rings is 1. The number of aryl methyl sites for hydroxylation is 5. The lowest BCUT2D eigenvalue weighted by Crippen LogP contribution is -2.24. The number of benzene rings is 1. The van der Waals surface area contributed by atoms with Gasteiger partial charge in [-0.1, -0.05) is 17.7 Å². The van der Waals surface area contributed by atoms with E-state index in [0.717, 1.165) is 11.5 Å². The average molecular weight is 285 g/mol. The lowest BCUT2D eigenvalue weighted by molar-refractivity contribution is 0.467. The largest absolute Gasteiger partial charge is 0.466 e. The van der Waals surface area contributed by atoms with Crippen LogP contribution in [0.1, 0.15) is 65.3 Å². The highest BCUT2D eigenvalue weighted by atomic mass is 16.3. The highest BCUT2D eigenvalue weighted by Crippen LogP contribution is 2.28. The van der Waals surface area contributed by atoms with Crippen molar-refractivity contribution in [1.29, 1.82) is 0 Å². The van der Waals surface area contributed by atoms with Crippen molar-refractivity contribution >= 4 is 0 Å². The van der Waals surface area contributed by atoms with Crippen LogP contribution in [0.5, 0.6) is 0 Å². The van der Waals surface area contributed by atoms with Crippen molar-refractivity contribution in [3.05, 3.63) is 57.5 Å². The highest BCUT2D eigenvalue weighted by Gasteiger charge is 2.18. The molecule has 21 heavy (non-hydrogen) atoms. The average Bonchev–Trinajstić information content (AvgIpc) is 2.66. The molecule has 1 aromatic heterocycles. The SMILES string of the molecule is Cc1cc(C)c(C(C)NC(C)c2cc(C)oc2C)c(C)c1. The van der Waals surface area contributed by atoms with Crippen molar-refractivity contribution in [1.82, 2.24) is 5.32 Å². The van der Waals surface area contributed by atoms with Crippen molar-refractivity contribution in [2.75, 3.05) is 0 Å². The van der Waals surface area contributed by atoms with Crippen LogP contribution in [0.25, 0.3) is 0 Å². The van der Waals surface area contributed by atoms with E-state index in [1.165, 1.54) is 27.8 Å². The summed E-state index contributed by atoms with van der Waals surface area (Å²) in [5.74, 6) is 1.99. The topological polar surface area (TPSA) is 25.2 Å². The third-order valence-electron chi connectivity index (χ3n) is 4.22. The van der Waals surface area contributed by atoms with E-state index in [0.29, 0.717) is 6.04 Å². The first-order valence-electron chi connectivity index (χ1n) is 7.70. The van der Waals surface area contributed by atoms with Gasteiger partial charge in [-0.2, -0.15) is 0 Å². The Morgan fingerprint density at radius 3 is 1.90 bits per heavy atom. The van der Waals surface area contributed by atoms with Crippen LogP contribution in [0.2, 0.25) is 0 Å². The Bertz CT molecular complexity index is 616. The van der Waals surface area contributed by atoms with Gasteiger partial charge in [0.25, 0.3) is 0 Å². The maximum atomic E-state index is 5.65. The standard InChI is InChI=1S/C19H27NO/c1-11-8-12(2)19(13(3)9-11)16(6)20-15(5)18-10-14(4)21-17(18)7/h8-10,15-16,20H,1-7H3. The summed E-state index contributed by atoms with van der Waals surface area (Å²) in [5.41, 5.74) is 6.71. The molecule has 1 heterocycles. The zero-order valence-electron chi connectivity index (χ0n) is 14.3. The molecule has 1 N–H and O–H groups in total. The van der Waals surface area contributed by atoms with Gasteiger partial charge in [-0.3, -0.25) is 0 Å². The molecule has 0 aliphatic heterocycles. The Labute approximate surface area is 128 Å². The summed E-state index contributed by atoms with van der Waals surface area (Å²) in [6, 6.07) is 7.25. The van der Waals surface area contributed by atoms with Crippen LogP contribution in [-0.2, 0) is 0 Å². The fourth-order valence-electron chi connectivity index (χ4n) is 3.50. The van der Waals surface area contributed by atoms with Gasteiger partial charge in [0.15, 0.2) is 0 Å². The van der Waals surface area contributed by atoms with Gasteiger partial charge in [0.2, 0.25) is 0 Å². The van der Waals surface area contributed by atoms with Gasteiger partial charge >= 0.3 is 0 Å². The summed E-state index contributed by atoms with van der Waals surface area (Å²) in [6.45, 7) is 15.0. The summed E-state index contributed by atoms with van der Waals surface area (Å²) in [7, 11) is 0. The molecule has 2 aromatic rings. The van der Waals surface area contributed by atoms with Gasteiger partial charge in [-0.15, -0.1) is 0 Å². The quantitative estimate of drug-likeness (QED) is 0.831. The van der Waals surface area contributed by atoms with Crippen LogP contribution >= 0.6 is 0 Å². The Hall–Kier alpha value is -1.54. The summed E-state index contributed by atoms with van der Waals surface area (Å²) < 4.78 is 5.65. The van der Waals surface area contributed by atoms with Crippen LogP contribution in [0, 0.1) is 34.6 Å². The van der Waals surface area contributed by atoms with Crippen molar-refractivity contribution < 1.29 is 4.42 Å². The molecule has 0 saturated heterocycles. The van der Waals surface area contributed by atoms with E-state index in [1.807, 2.05) is 13.8 Å². The molecule has 2 unspecified atom stereocenters. The van der Waals surface area contributed by atoms with Crippen molar-refractivity contribution in [3.8, 4) is 0 Å². The number of nitrogens with one attached hydrogen (secondary N) is 1. The maximum Gasteiger partial charge on any atom is 0.105 e. The first-order chi connectivity index (χ1) is 9.79. The first kappa shape index (κ1) is 15.8. The molecule has 0 saturated carbocycles. The van der Waals surface area contributed by atoms with Crippen LogP contribution in [-0.4, -0.2) is 0 Å². The first-order valence-corrected chi connectivity index (χ1v) is 7.70. The van der Waals surface area contributed by atoms with Crippen molar-refractivity contribution in [3.63, 3.8) is 0 Å². The van der Waals surface area contributed by atoms with E-state index in [9.17, 15) is 0 Å². The Morgan fingerprint density at radius 1 is 0.857 bits per heavy atom. The number of rotatable bonds is 4. The van der Waals surface area contributed by atoms with Gasteiger partial charge in [0, 0.05) is 17.6 Å². The second-order valence-corrected chi connectivity index (χ2v) is 6.29. The number of hydrogen-bond acceptors (Lipinski definition) is 2. The van der Waals surface area contributed by atoms with Gasteiger partial charge in [-0.05, 0) is 71.2 Å². The fourth-order valence-corrected chi connectivity index (χ4v) is 3.50. The van der Waals surface area contributed by atoms with Crippen molar-refractivity contribution in [2.24, 2.45) is 0 Å². The molecule has 0 bridgehead atoms. The maximum absolute atomic E-state index is 5.65. The molecule has 0 fully saturated rings. The second-order valence-electron chi connectivity index (χ2n) is 6.29. The minimum absolute atomic E-state index is 0.276. The third kappa shape index (κ3) is 3.38. The minimum atomic E-state index is 0.276. The molecule has 1 aromatic carbocycles. The van der Waals surface area contributed by atoms with Crippen LogP contribution in [0.3, 0.4) is 0 Å². The van der Waals surface area contributed by atoms with E-state index in [-0.39, 0.29) is 6.04 Å². The third-order valence-corrected chi connectivity index (χ3v) is 4.22. The Balaban J connectivity index is 2.22. The summed E-state index contributed by atoms with van der Waals surface area (Å²) in [6.07, 6.45) is 0. The Kier molecular flexibility index (Phi) is 4.58. The molecule has 0 aliphatic carbocycles. The summed E-state index contributed by atoms with van der Waals surface area (Å²) in [5, 5.41) is 3.71. The molecule has 0 radical (unpaired) electrons. The smallest absolute Gasteiger partial charge is 0.105 e. The predicted octanol–water partition coefficient (Wildman–Crippen LogP) is 5.23. The second kappa shape index (κ2) is 6.07. The van der Waals surface area contributed by atoms with Gasteiger partial charge in [0.1, 0.15) is 11.5 Å². The molecule has 2 rings (SSSR count). The monoisotopic (exact) mass is 285 g/mol. The minimum Gasteiger partial charge on any atom is -0.466 e. The van der Waals surface area contributed by atoms with Crippen molar-refractivity contribution in [2.45, 2.75) is 60.5 Å². The Morgan fingerprint density at radius 2 is 1.43 bits per heavy atom. The molecule has 0 spiro atoms. The van der Waals surface area contributed by atoms with E-state index in [4.69, 9.17) is 4.42 Å². The van der Waals surface area contributed by atoms with Crippen LogP contribution < -0.4 is 5.32 Å². The molecule has 0 aliphatic rings. The van der Waals surface area contributed by atoms with E-state index < -0.39 is 0 Å². The summed E-state index contributed by atoms with van der Waals surface area (Å²) >= 11 is 0. The molecule has 2 atom stereocenters. The highest BCUT2D eigenvalue weighted by molar-refractivity contribution is 5.39. The molecule has 2 nitrogen and oxygen atoms in total. The van der Waals surface area contributed by atoms with E-state index >= 15 is 0 Å². The van der Waals surface area contributed by atoms with E-state index in [1.54, 1.807) is 0 Å². The van der Waals surface area contributed by atoms with E-state index in [2.05, 4.69) is 58.1 Å². The van der Waals surface area contributed by atoms with Crippen LogP contribution in [0.15, 0.2) is 22.6 Å². The fraction of sp³-hybridized carbons (Fsp3) is 0.474. The molecule has 114 valence electrons. The molecule has 0 amide bonds. The lowest BCUT2D eigenvalue weighted by Gasteiger charge is -2.23. The number of hydrogen-bond donors (Lipinski definition) is 1. The molecule has 2 heteroatoms. The predicted molar refractivity (Wildman–Crippen MR) is 88.8 cm³/mol. The zero-order valence-corrected chi connectivity index (χ0v) is 14.3. The van der Waals surface area contributed by atoms with Crippen LogP contribution in [0.4, 0.5) is 0 Å². The summed E-state index contributed by atoms with van der Waals surface area (Å²) in [4.78, 5) is 0. The zero-order chi connectivity index (χ0) is 15.7.